The van der Waals surface area contributed by atoms with Crippen LogP contribution in [-0.4, -0.2) is 28.6 Å². The second-order valence-electron chi connectivity index (χ2n) is 4.13. The summed E-state index contributed by atoms with van der Waals surface area (Å²) in [4.78, 5) is 14.3. The van der Waals surface area contributed by atoms with Gasteiger partial charge in [-0.1, -0.05) is 0 Å². The highest BCUT2D eigenvalue weighted by atomic mass is 19.3. The van der Waals surface area contributed by atoms with Crippen molar-refractivity contribution in [3.05, 3.63) is 23.9 Å². The molecule has 0 spiro atoms. The van der Waals surface area contributed by atoms with E-state index in [4.69, 9.17) is 9.84 Å². The van der Waals surface area contributed by atoms with Gasteiger partial charge in [-0.15, -0.1) is 0 Å². The van der Waals surface area contributed by atoms with Gasteiger partial charge >= 0.3 is 5.97 Å². The Morgan fingerprint density at radius 3 is 2.71 bits per heavy atom. The summed E-state index contributed by atoms with van der Waals surface area (Å²) >= 11 is 0. The fraction of sp³-hybridized carbons (Fsp3) is 0.455. The van der Waals surface area contributed by atoms with E-state index in [-0.39, 0.29) is 36.8 Å². The fourth-order valence-corrected chi connectivity index (χ4v) is 1.70. The smallest absolute Gasteiger partial charge is 0.337 e. The molecule has 6 heteroatoms. The van der Waals surface area contributed by atoms with E-state index in [2.05, 4.69) is 4.98 Å². The van der Waals surface area contributed by atoms with Crippen LogP contribution in [0.15, 0.2) is 18.3 Å². The van der Waals surface area contributed by atoms with Crippen LogP contribution in [0.2, 0.25) is 0 Å². The van der Waals surface area contributed by atoms with E-state index >= 15 is 0 Å². The maximum absolute atomic E-state index is 12.5. The number of carbonyl (C=O) groups is 1. The second kappa shape index (κ2) is 4.27. The van der Waals surface area contributed by atoms with Crippen LogP contribution in [0.25, 0.3) is 0 Å². The SMILES string of the molecule is O=C(O)c1ccc(OCC2CC(F)(F)C2)nc1. The molecule has 0 atom stereocenters. The summed E-state index contributed by atoms with van der Waals surface area (Å²) in [6.45, 7) is 0.189. The van der Waals surface area contributed by atoms with Crippen molar-refractivity contribution in [1.82, 2.24) is 4.98 Å². The number of aromatic nitrogens is 1. The van der Waals surface area contributed by atoms with E-state index in [1.54, 1.807) is 0 Å². The van der Waals surface area contributed by atoms with E-state index in [1.807, 2.05) is 0 Å². The minimum Gasteiger partial charge on any atom is -0.478 e. The Bertz CT molecular complexity index is 411. The maximum atomic E-state index is 12.5. The minimum atomic E-state index is -2.55. The third-order valence-electron chi connectivity index (χ3n) is 2.62. The molecule has 0 aliphatic heterocycles. The first-order chi connectivity index (χ1) is 7.96. The number of ether oxygens (including phenoxy) is 1. The van der Waals surface area contributed by atoms with Crippen LogP contribution in [0.5, 0.6) is 5.88 Å². The average molecular weight is 243 g/mol. The first-order valence-electron chi connectivity index (χ1n) is 5.16. The molecule has 1 fully saturated rings. The lowest BCUT2D eigenvalue weighted by atomic mass is 9.82. The molecule has 0 amide bonds. The monoisotopic (exact) mass is 243 g/mol. The van der Waals surface area contributed by atoms with E-state index in [0.29, 0.717) is 0 Å². The van der Waals surface area contributed by atoms with Crippen LogP contribution in [0.1, 0.15) is 23.2 Å². The first kappa shape index (κ1) is 11.8. The molecule has 0 unspecified atom stereocenters. The van der Waals surface area contributed by atoms with Crippen molar-refractivity contribution in [3.63, 3.8) is 0 Å². The summed E-state index contributed by atoms with van der Waals surface area (Å²) < 4.78 is 30.2. The van der Waals surface area contributed by atoms with Gasteiger partial charge in [0.05, 0.1) is 12.2 Å². The molecule has 1 N–H and O–H groups in total. The zero-order valence-corrected chi connectivity index (χ0v) is 8.90. The van der Waals surface area contributed by atoms with Gasteiger partial charge in [-0.25, -0.2) is 18.6 Å². The highest BCUT2D eigenvalue weighted by Crippen LogP contribution is 2.42. The van der Waals surface area contributed by atoms with E-state index in [9.17, 15) is 13.6 Å². The molecule has 1 aliphatic carbocycles. The Morgan fingerprint density at radius 1 is 1.53 bits per heavy atom. The largest absolute Gasteiger partial charge is 0.478 e. The lowest BCUT2D eigenvalue weighted by molar-refractivity contribution is -0.119. The Balaban J connectivity index is 1.82. The normalized spacial score (nSPS) is 18.5. The number of halogens is 2. The van der Waals surface area contributed by atoms with Crippen molar-refractivity contribution in [3.8, 4) is 5.88 Å². The van der Waals surface area contributed by atoms with Crippen LogP contribution in [0.3, 0.4) is 0 Å². The van der Waals surface area contributed by atoms with Crippen LogP contribution < -0.4 is 4.74 Å². The van der Waals surface area contributed by atoms with Crippen molar-refractivity contribution < 1.29 is 23.4 Å². The molecule has 92 valence electrons. The van der Waals surface area contributed by atoms with Gasteiger partial charge in [0.25, 0.3) is 0 Å². The highest BCUT2D eigenvalue weighted by Gasteiger charge is 2.45. The minimum absolute atomic E-state index is 0.0625. The number of carboxylic acid groups (broad SMARTS) is 1. The van der Waals surface area contributed by atoms with Gasteiger partial charge in [0.1, 0.15) is 0 Å². The molecule has 4 nitrogen and oxygen atoms in total. The second-order valence-corrected chi connectivity index (χ2v) is 4.13. The molecule has 1 aromatic rings. The number of alkyl halides is 2. The number of hydrogen-bond acceptors (Lipinski definition) is 3. The van der Waals surface area contributed by atoms with Crippen molar-refractivity contribution in [1.29, 1.82) is 0 Å². The van der Waals surface area contributed by atoms with Crippen molar-refractivity contribution in [2.75, 3.05) is 6.61 Å². The number of carboxylic acids is 1. The molecule has 0 saturated heterocycles. The van der Waals surface area contributed by atoms with Gasteiger partial charge in [-0.3, -0.25) is 0 Å². The maximum Gasteiger partial charge on any atom is 0.337 e. The standard InChI is InChI=1S/C11H11F2NO3/c12-11(13)3-7(4-11)6-17-9-2-1-8(5-14-9)10(15)16/h1-2,5,7H,3-4,6H2,(H,15,16). The third-order valence-corrected chi connectivity index (χ3v) is 2.62. The van der Waals surface area contributed by atoms with Gasteiger partial charge < -0.3 is 9.84 Å². The van der Waals surface area contributed by atoms with Crippen LogP contribution in [0.4, 0.5) is 8.78 Å². The highest BCUT2D eigenvalue weighted by molar-refractivity contribution is 5.87. The summed E-state index contributed by atoms with van der Waals surface area (Å²) in [5, 5.41) is 8.63. The average Bonchev–Trinajstić information content (AvgIpc) is 2.24. The Morgan fingerprint density at radius 2 is 2.24 bits per heavy atom. The molecular weight excluding hydrogens is 232 g/mol. The van der Waals surface area contributed by atoms with Gasteiger partial charge in [0.15, 0.2) is 0 Å². The molecule has 1 saturated carbocycles. The number of nitrogens with zero attached hydrogens (tertiary/aromatic N) is 1. The van der Waals surface area contributed by atoms with Crippen molar-refractivity contribution >= 4 is 5.97 Å². The summed E-state index contributed by atoms with van der Waals surface area (Å²) in [5.74, 6) is -3.51. The molecule has 17 heavy (non-hydrogen) atoms. The molecule has 1 aliphatic rings. The summed E-state index contributed by atoms with van der Waals surface area (Å²) in [6.07, 6.45) is 0.869. The number of aromatic carboxylic acids is 1. The Kier molecular flexibility index (Phi) is 2.95. The summed E-state index contributed by atoms with van der Waals surface area (Å²) in [6, 6.07) is 2.78. The lowest BCUT2D eigenvalue weighted by Crippen LogP contribution is -2.38. The Hall–Kier alpha value is -1.72. The number of pyridine rings is 1. The molecule has 1 aromatic heterocycles. The van der Waals surface area contributed by atoms with Crippen LogP contribution >= 0.6 is 0 Å². The fourth-order valence-electron chi connectivity index (χ4n) is 1.70. The third kappa shape index (κ3) is 2.89. The van der Waals surface area contributed by atoms with E-state index < -0.39 is 11.9 Å². The van der Waals surface area contributed by atoms with E-state index in [0.717, 1.165) is 0 Å². The van der Waals surface area contributed by atoms with Gasteiger partial charge in [-0.05, 0) is 6.07 Å². The van der Waals surface area contributed by atoms with Gasteiger partial charge in [-0.2, -0.15) is 0 Å². The molecular formula is C11H11F2NO3. The van der Waals surface area contributed by atoms with Gasteiger partial charge in [0, 0.05) is 31.0 Å². The van der Waals surface area contributed by atoms with Crippen molar-refractivity contribution in [2.45, 2.75) is 18.8 Å². The number of rotatable bonds is 4. The zero-order chi connectivity index (χ0) is 12.5. The van der Waals surface area contributed by atoms with Crippen LogP contribution in [-0.2, 0) is 0 Å². The zero-order valence-electron chi connectivity index (χ0n) is 8.90. The molecule has 0 aromatic carbocycles. The molecule has 1 heterocycles. The van der Waals surface area contributed by atoms with Crippen LogP contribution in [0, 0.1) is 5.92 Å². The predicted molar refractivity (Wildman–Crippen MR) is 54.4 cm³/mol. The molecule has 0 bridgehead atoms. The quantitative estimate of drug-likeness (QED) is 0.880. The summed E-state index contributed by atoms with van der Waals surface area (Å²) in [7, 11) is 0. The topological polar surface area (TPSA) is 59.4 Å². The van der Waals surface area contributed by atoms with E-state index in [1.165, 1.54) is 18.3 Å². The predicted octanol–water partition coefficient (Wildman–Crippen LogP) is 2.20. The lowest BCUT2D eigenvalue weighted by Gasteiger charge is -2.34. The Labute approximate surface area is 96.2 Å². The van der Waals surface area contributed by atoms with Crippen molar-refractivity contribution in [2.24, 2.45) is 5.92 Å². The summed E-state index contributed by atoms with van der Waals surface area (Å²) in [5.41, 5.74) is 0.0625. The van der Waals surface area contributed by atoms with Gasteiger partial charge in [0.2, 0.25) is 11.8 Å². The number of hydrogen-bond donors (Lipinski definition) is 1. The molecule has 2 rings (SSSR count). The first-order valence-corrected chi connectivity index (χ1v) is 5.16. The molecule has 0 radical (unpaired) electrons.